The van der Waals surface area contributed by atoms with Gasteiger partial charge in [0, 0.05) is 6.20 Å². The van der Waals surface area contributed by atoms with Crippen LogP contribution < -0.4 is 0 Å². The molecule has 2 aromatic rings. The van der Waals surface area contributed by atoms with Crippen LogP contribution in [0, 0.1) is 0 Å². The Labute approximate surface area is 74.6 Å². The Kier molecular flexibility index (Phi) is 2.05. The largest absolute Gasteiger partial charge is 0.285 e. The van der Waals surface area contributed by atoms with Crippen molar-refractivity contribution in [1.82, 2.24) is 10.2 Å². The van der Waals surface area contributed by atoms with Gasteiger partial charge in [-0.25, -0.2) is 0 Å². The van der Waals surface area contributed by atoms with E-state index in [1.807, 2.05) is 24.4 Å². The zero-order chi connectivity index (χ0) is 8.23. The highest BCUT2D eigenvalue weighted by Crippen LogP contribution is 2.09. The van der Waals surface area contributed by atoms with Gasteiger partial charge in [-0.2, -0.15) is 16.4 Å². The number of nitrogens with one attached hydrogen (secondary N) is 1. The van der Waals surface area contributed by atoms with Gasteiger partial charge in [-0.3, -0.25) is 5.10 Å². The quantitative estimate of drug-likeness (QED) is 0.748. The molecule has 0 amide bonds. The monoisotopic (exact) mass is 176 g/mol. The van der Waals surface area contributed by atoms with Gasteiger partial charge >= 0.3 is 0 Å². The van der Waals surface area contributed by atoms with Gasteiger partial charge in [0.05, 0.1) is 5.69 Å². The van der Waals surface area contributed by atoms with Crippen molar-refractivity contribution in [3.05, 3.63) is 40.3 Å². The molecule has 1 N–H and O–H groups in total. The van der Waals surface area contributed by atoms with Crippen LogP contribution in [0.15, 0.2) is 29.1 Å². The van der Waals surface area contributed by atoms with E-state index in [4.69, 9.17) is 0 Å². The van der Waals surface area contributed by atoms with E-state index in [2.05, 4.69) is 27.0 Å². The van der Waals surface area contributed by atoms with Gasteiger partial charge in [0.2, 0.25) is 0 Å². The second-order valence-corrected chi connectivity index (χ2v) is 3.17. The summed E-state index contributed by atoms with van der Waals surface area (Å²) in [5.74, 6) is 0. The SMILES string of the molecule is C(=C\c1cc[nH]n1)/c1ccsc1. The lowest BCUT2D eigenvalue weighted by atomic mass is 10.3. The predicted octanol–water partition coefficient (Wildman–Crippen LogP) is 2.64. The fraction of sp³-hybridized carbons (Fsp3) is 0. The predicted molar refractivity (Wildman–Crippen MR) is 51.8 cm³/mol. The van der Waals surface area contributed by atoms with Gasteiger partial charge in [-0.15, -0.1) is 0 Å². The Balaban J connectivity index is 2.14. The smallest absolute Gasteiger partial charge is 0.0848 e. The highest BCUT2D eigenvalue weighted by molar-refractivity contribution is 7.08. The van der Waals surface area contributed by atoms with E-state index < -0.39 is 0 Å². The van der Waals surface area contributed by atoms with Gasteiger partial charge < -0.3 is 0 Å². The second kappa shape index (κ2) is 3.36. The standard InChI is InChI=1S/C9H8N2S/c1(8-4-6-12-7-8)2-9-3-5-10-11-9/h1-7H,(H,10,11)/b2-1+. The van der Waals surface area contributed by atoms with Gasteiger partial charge in [-0.1, -0.05) is 6.08 Å². The third-order valence-corrected chi connectivity index (χ3v) is 2.21. The van der Waals surface area contributed by atoms with Gasteiger partial charge in [0.25, 0.3) is 0 Å². The molecule has 0 aliphatic carbocycles. The summed E-state index contributed by atoms with van der Waals surface area (Å²) in [5, 5.41) is 10.9. The van der Waals surface area contributed by atoms with Crippen molar-refractivity contribution in [2.24, 2.45) is 0 Å². The van der Waals surface area contributed by atoms with Gasteiger partial charge in [-0.05, 0) is 34.5 Å². The van der Waals surface area contributed by atoms with Crippen molar-refractivity contribution in [2.75, 3.05) is 0 Å². The Morgan fingerprint density at radius 3 is 3.00 bits per heavy atom. The molecule has 0 saturated heterocycles. The molecule has 0 aromatic carbocycles. The number of H-pyrrole nitrogens is 1. The minimum absolute atomic E-state index is 0.959. The molecule has 0 aliphatic rings. The first kappa shape index (κ1) is 7.31. The molecule has 12 heavy (non-hydrogen) atoms. The van der Waals surface area contributed by atoms with Crippen LogP contribution in [-0.4, -0.2) is 10.2 Å². The molecule has 0 spiro atoms. The van der Waals surface area contributed by atoms with Crippen molar-refractivity contribution >= 4 is 23.5 Å². The van der Waals surface area contributed by atoms with Gasteiger partial charge in [0.15, 0.2) is 0 Å². The van der Waals surface area contributed by atoms with Crippen LogP contribution in [0.3, 0.4) is 0 Å². The third kappa shape index (κ3) is 1.62. The van der Waals surface area contributed by atoms with Crippen LogP contribution in [0.1, 0.15) is 11.3 Å². The fourth-order valence-electron chi connectivity index (χ4n) is 0.916. The van der Waals surface area contributed by atoms with E-state index in [9.17, 15) is 0 Å². The highest BCUT2D eigenvalue weighted by Gasteiger charge is 1.87. The molecule has 60 valence electrons. The Morgan fingerprint density at radius 2 is 2.33 bits per heavy atom. The van der Waals surface area contributed by atoms with E-state index in [1.165, 1.54) is 5.56 Å². The van der Waals surface area contributed by atoms with Crippen LogP contribution in [0.4, 0.5) is 0 Å². The molecule has 2 nitrogen and oxygen atoms in total. The molecule has 0 radical (unpaired) electrons. The minimum atomic E-state index is 0.959. The third-order valence-electron chi connectivity index (χ3n) is 1.51. The Morgan fingerprint density at radius 1 is 1.33 bits per heavy atom. The summed E-state index contributed by atoms with van der Waals surface area (Å²) in [6, 6.07) is 4.01. The summed E-state index contributed by atoms with van der Waals surface area (Å²) >= 11 is 1.70. The van der Waals surface area contributed by atoms with Gasteiger partial charge in [0.1, 0.15) is 0 Å². The van der Waals surface area contributed by atoms with E-state index in [-0.39, 0.29) is 0 Å². The normalized spacial score (nSPS) is 11.0. The number of nitrogens with zero attached hydrogens (tertiary/aromatic N) is 1. The average Bonchev–Trinajstić information content (AvgIpc) is 2.74. The van der Waals surface area contributed by atoms with Crippen LogP contribution in [0.25, 0.3) is 12.2 Å². The molecule has 3 heteroatoms. The number of aromatic nitrogens is 2. The molecular formula is C9H8N2S. The summed E-state index contributed by atoms with van der Waals surface area (Å²) in [5.41, 5.74) is 2.18. The zero-order valence-corrected chi connectivity index (χ0v) is 7.21. The maximum absolute atomic E-state index is 4.01. The van der Waals surface area contributed by atoms with Crippen molar-refractivity contribution < 1.29 is 0 Å². The molecule has 0 atom stereocenters. The van der Waals surface area contributed by atoms with E-state index in [0.717, 1.165) is 5.69 Å². The fourth-order valence-corrected chi connectivity index (χ4v) is 1.54. The maximum atomic E-state index is 4.01. The first-order chi connectivity index (χ1) is 5.95. The first-order valence-corrected chi connectivity index (χ1v) is 4.59. The summed E-state index contributed by atoms with van der Waals surface area (Å²) in [6.07, 6.45) is 5.85. The Hall–Kier alpha value is -1.35. The van der Waals surface area contributed by atoms with Crippen molar-refractivity contribution in [1.29, 1.82) is 0 Å². The van der Waals surface area contributed by atoms with Crippen molar-refractivity contribution in [3.63, 3.8) is 0 Å². The first-order valence-electron chi connectivity index (χ1n) is 3.65. The van der Waals surface area contributed by atoms with Crippen molar-refractivity contribution in [2.45, 2.75) is 0 Å². The van der Waals surface area contributed by atoms with E-state index in [1.54, 1.807) is 11.3 Å². The number of hydrogen-bond acceptors (Lipinski definition) is 2. The number of aromatic amines is 1. The lowest BCUT2D eigenvalue weighted by Crippen LogP contribution is -1.69. The lowest BCUT2D eigenvalue weighted by molar-refractivity contribution is 1.08. The Bertz CT molecular complexity index is 310. The molecule has 2 rings (SSSR count). The number of hydrogen-bond donors (Lipinski definition) is 1. The number of rotatable bonds is 2. The van der Waals surface area contributed by atoms with Crippen LogP contribution in [0.5, 0.6) is 0 Å². The highest BCUT2D eigenvalue weighted by atomic mass is 32.1. The molecule has 0 saturated carbocycles. The molecule has 0 aliphatic heterocycles. The second-order valence-electron chi connectivity index (χ2n) is 2.39. The van der Waals surface area contributed by atoms with Crippen molar-refractivity contribution in [3.8, 4) is 0 Å². The van der Waals surface area contributed by atoms with Crippen LogP contribution >= 0.6 is 11.3 Å². The molecule has 2 heterocycles. The van der Waals surface area contributed by atoms with E-state index in [0.29, 0.717) is 0 Å². The topological polar surface area (TPSA) is 28.7 Å². The molecule has 0 fully saturated rings. The maximum Gasteiger partial charge on any atom is 0.0848 e. The minimum Gasteiger partial charge on any atom is -0.285 e. The van der Waals surface area contributed by atoms with Crippen LogP contribution in [0.2, 0.25) is 0 Å². The summed E-state index contributed by atoms with van der Waals surface area (Å²) in [6.45, 7) is 0. The average molecular weight is 176 g/mol. The summed E-state index contributed by atoms with van der Waals surface area (Å²) in [7, 11) is 0. The summed E-state index contributed by atoms with van der Waals surface area (Å²) in [4.78, 5) is 0. The van der Waals surface area contributed by atoms with Crippen LogP contribution in [-0.2, 0) is 0 Å². The molecule has 0 bridgehead atoms. The molecular weight excluding hydrogens is 168 g/mol. The van der Waals surface area contributed by atoms with E-state index >= 15 is 0 Å². The molecule has 2 aromatic heterocycles. The summed E-state index contributed by atoms with van der Waals surface area (Å²) < 4.78 is 0. The number of thiophene rings is 1. The zero-order valence-electron chi connectivity index (χ0n) is 6.40. The lowest BCUT2D eigenvalue weighted by Gasteiger charge is -1.81. The molecule has 0 unspecified atom stereocenters.